The molecule has 2 aromatic rings. The lowest BCUT2D eigenvalue weighted by Crippen LogP contribution is -2.27. The molecule has 1 aliphatic rings. The minimum Gasteiger partial charge on any atom is -0.493 e. The summed E-state index contributed by atoms with van der Waals surface area (Å²) in [5.41, 5.74) is -1.43. The highest BCUT2D eigenvalue weighted by Crippen LogP contribution is 2.41. The van der Waals surface area contributed by atoms with Gasteiger partial charge in [-0.2, -0.15) is 13.2 Å². The number of likely N-dealkylation sites (N-methyl/N-ethyl adjacent to an activating group) is 1. The topological polar surface area (TPSA) is 81.9 Å². The van der Waals surface area contributed by atoms with E-state index in [2.05, 4.69) is 0 Å². The van der Waals surface area contributed by atoms with E-state index in [0.717, 1.165) is 17.8 Å². The molecular formula is C20H15F3N2O5S2. The van der Waals surface area contributed by atoms with Crippen molar-refractivity contribution in [1.29, 1.82) is 0 Å². The van der Waals surface area contributed by atoms with E-state index in [1.165, 1.54) is 24.1 Å². The molecule has 1 heterocycles. The van der Waals surface area contributed by atoms with E-state index in [-0.39, 0.29) is 23.2 Å². The van der Waals surface area contributed by atoms with Crippen LogP contribution in [-0.4, -0.2) is 33.7 Å². The Kier molecular flexibility index (Phi) is 6.74. The number of nitrogens with zero attached hydrogens (tertiary/aromatic N) is 2. The van der Waals surface area contributed by atoms with Crippen LogP contribution in [0.4, 0.5) is 18.9 Å². The summed E-state index contributed by atoms with van der Waals surface area (Å²) in [4.78, 5) is 24.6. The van der Waals surface area contributed by atoms with E-state index in [4.69, 9.17) is 21.7 Å². The van der Waals surface area contributed by atoms with E-state index >= 15 is 0 Å². The van der Waals surface area contributed by atoms with Gasteiger partial charge in [-0.25, -0.2) is 0 Å². The summed E-state index contributed by atoms with van der Waals surface area (Å²) < 4.78 is 49.9. The highest BCUT2D eigenvalue weighted by Gasteiger charge is 2.34. The zero-order chi connectivity index (χ0) is 23.6. The summed E-state index contributed by atoms with van der Waals surface area (Å²) >= 11 is 6.33. The molecule has 7 nitrogen and oxygen atoms in total. The molecule has 1 fully saturated rings. The molecule has 1 aliphatic heterocycles. The summed E-state index contributed by atoms with van der Waals surface area (Å²) in [5.74, 6) is -0.382. The molecule has 0 saturated carbocycles. The number of thiocarbonyl (C=S) groups is 1. The van der Waals surface area contributed by atoms with Crippen LogP contribution < -0.4 is 9.47 Å². The number of methoxy groups -OCH3 is 1. The number of amides is 1. The highest BCUT2D eigenvalue weighted by molar-refractivity contribution is 8.26. The second-order valence-electron chi connectivity index (χ2n) is 6.38. The van der Waals surface area contributed by atoms with Crippen LogP contribution in [0.25, 0.3) is 6.08 Å². The normalized spacial score (nSPS) is 15.4. The third-order valence-corrected chi connectivity index (χ3v) is 5.76. The van der Waals surface area contributed by atoms with Gasteiger partial charge in [-0.15, -0.1) is 0 Å². The second kappa shape index (κ2) is 9.17. The number of benzene rings is 2. The number of hydrogen-bond donors (Lipinski definition) is 0. The lowest BCUT2D eigenvalue weighted by Gasteiger charge is -2.13. The van der Waals surface area contributed by atoms with E-state index in [1.807, 2.05) is 6.92 Å². The smallest absolute Gasteiger partial charge is 0.416 e. The molecule has 0 radical (unpaired) electrons. The second-order valence-corrected chi connectivity index (χ2v) is 8.05. The van der Waals surface area contributed by atoms with E-state index in [1.54, 1.807) is 12.1 Å². The number of alkyl halides is 3. The lowest BCUT2D eigenvalue weighted by molar-refractivity contribution is -0.385. The summed E-state index contributed by atoms with van der Waals surface area (Å²) in [7, 11) is 1.34. The Bertz CT molecular complexity index is 1130. The molecule has 0 N–H and O–H groups in total. The third kappa shape index (κ3) is 4.86. The van der Waals surface area contributed by atoms with E-state index in [9.17, 15) is 28.1 Å². The van der Waals surface area contributed by atoms with Gasteiger partial charge in [0.1, 0.15) is 4.32 Å². The van der Waals surface area contributed by atoms with Crippen molar-refractivity contribution in [3.8, 4) is 17.2 Å². The van der Waals surface area contributed by atoms with Gasteiger partial charge in [-0.1, -0.05) is 30.0 Å². The zero-order valence-corrected chi connectivity index (χ0v) is 18.3. The number of hydrogen-bond acceptors (Lipinski definition) is 7. The largest absolute Gasteiger partial charge is 0.493 e. The van der Waals surface area contributed by atoms with Crippen molar-refractivity contribution in [1.82, 2.24) is 4.90 Å². The minimum atomic E-state index is -4.73. The van der Waals surface area contributed by atoms with Crippen LogP contribution in [0, 0.1) is 10.1 Å². The van der Waals surface area contributed by atoms with Crippen LogP contribution in [0.2, 0.25) is 0 Å². The number of ether oxygens (including phenoxy) is 2. The summed E-state index contributed by atoms with van der Waals surface area (Å²) in [6, 6.07) is 6.53. The average molecular weight is 484 g/mol. The number of carbonyl (C=O) groups excluding carboxylic acids is 1. The molecule has 32 heavy (non-hydrogen) atoms. The first-order chi connectivity index (χ1) is 15.0. The maximum atomic E-state index is 12.9. The molecule has 0 bridgehead atoms. The van der Waals surface area contributed by atoms with Crippen LogP contribution in [0.15, 0.2) is 41.3 Å². The first-order valence-corrected chi connectivity index (χ1v) is 10.2. The number of rotatable bonds is 6. The van der Waals surface area contributed by atoms with Gasteiger partial charge in [0.05, 0.1) is 22.5 Å². The number of nitro benzene ring substituents is 1. The molecule has 0 spiro atoms. The van der Waals surface area contributed by atoms with Crippen molar-refractivity contribution >= 4 is 46.0 Å². The van der Waals surface area contributed by atoms with Crippen molar-refractivity contribution < 1.29 is 32.4 Å². The van der Waals surface area contributed by atoms with Crippen LogP contribution >= 0.6 is 24.0 Å². The Morgan fingerprint density at radius 3 is 2.44 bits per heavy atom. The molecule has 1 amide bonds. The SMILES string of the molecule is CCN1C(=O)/C(=C/c2ccc(Oc3ccc(C(F)(F)F)cc3[N+](=O)[O-])c(OC)c2)SC1=S. The quantitative estimate of drug-likeness (QED) is 0.227. The van der Waals surface area contributed by atoms with Gasteiger partial charge in [0.25, 0.3) is 5.91 Å². The Hall–Kier alpha value is -3.12. The first kappa shape index (κ1) is 23.5. The number of carbonyl (C=O) groups is 1. The zero-order valence-electron chi connectivity index (χ0n) is 16.6. The fraction of sp³-hybridized carbons (Fsp3) is 0.200. The van der Waals surface area contributed by atoms with Gasteiger partial charge >= 0.3 is 11.9 Å². The molecule has 168 valence electrons. The molecule has 0 unspecified atom stereocenters. The molecule has 0 aromatic heterocycles. The summed E-state index contributed by atoms with van der Waals surface area (Å²) in [6.45, 7) is 2.26. The van der Waals surface area contributed by atoms with Crippen LogP contribution in [0.1, 0.15) is 18.1 Å². The Labute approximate surface area is 189 Å². The maximum absolute atomic E-state index is 12.9. The Morgan fingerprint density at radius 2 is 1.88 bits per heavy atom. The molecule has 2 aromatic carbocycles. The number of halogens is 3. The van der Waals surface area contributed by atoms with Gasteiger partial charge < -0.3 is 9.47 Å². The number of nitro groups is 1. The van der Waals surface area contributed by atoms with E-state index in [0.29, 0.717) is 33.5 Å². The van der Waals surface area contributed by atoms with Crippen molar-refractivity contribution in [3.05, 3.63) is 62.5 Å². The average Bonchev–Trinajstić information content (AvgIpc) is 3.00. The highest BCUT2D eigenvalue weighted by atomic mass is 32.2. The van der Waals surface area contributed by atoms with Crippen LogP contribution in [0.5, 0.6) is 17.2 Å². The third-order valence-electron chi connectivity index (χ3n) is 4.38. The van der Waals surface area contributed by atoms with Crippen molar-refractivity contribution in [2.45, 2.75) is 13.1 Å². The summed E-state index contributed by atoms with van der Waals surface area (Å²) in [6.07, 6.45) is -3.12. The number of thioether (sulfide) groups is 1. The summed E-state index contributed by atoms with van der Waals surface area (Å²) in [5, 5.41) is 11.3. The van der Waals surface area contributed by atoms with Gasteiger partial charge in [-0.3, -0.25) is 19.8 Å². The van der Waals surface area contributed by atoms with Crippen molar-refractivity contribution in [2.24, 2.45) is 0 Å². The molecule has 0 aliphatic carbocycles. The fourth-order valence-electron chi connectivity index (χ4n) is 2.82. The maximum Gasteiger partial charge on any atom is 0.416 e. The predicted molar refractivity (Wildman–Crippen MR) is 117 cm³/mol. The fourth-order valence-corrected chi connectivity index (χ4v) is 4.21. The van der Waals surface area contributed by atoms with E-state index < -0.39 is 22.4 Å². The van der Waals surface area contributed by atoms with Crippen molar-refractivity contribution in [2.75, 3.05) is 13.7 Å². The Balaban J connectivity index is 1.93. The van der Waals surface area contributed by atoms with Crippen LogP contribution in [0.3, 0.4) is 0 Å². The monoisotopic (exact) mass is 484 g/mol. The molecule has 3 rings (SSSR count). The molecular weight excluding hydrogens is 469 g/mol. The standard InChI is InChI=1S/C20H15F3N2O5S2/c1-3-24-18(26)17(32-19(24)31)9-11-4-6-15(16(8-11)29-2)30-14-7-5-12(20(21,22)23)10-13(14)25(27)28/h4-10H,3H2,1-2H3/b17-9-. The van der Waals surface area contributed by atoms with Crippen molar-refractivity contribution in [3.63, 3.8) is 0 Å². The van der Waals surface area contributed by atoms with Gasteiger partial charge in [-0.05, 0) is 42.8 Å². The van der Waals surface area contributed by atoms with Gasteiger partial charge in [0.15, 0.2) is 11.5 Å². The molecule has 12 heteroatoms. The first-order valence-electron chi connectivity index (χ1n) is 9.02. The van der Waals surface area contributed by atoms with Crippen LogP contribution in [-0.2, 0) is 11.0 Å². The van der Waals surface area contributed by atoms with Gasteiger partial charge in [0, 0.05) is 12.6 Å². The minimum absolute atomic E-state index is 0.0496. The van der Waals surface area contributed by atoms with Gasteiger partial charge in [0.2, 0.25) is 5.75 Å². The molecule has 0 atom stereocenters. The lowest BCUT2D eigenvalue weighted by atomic mass is 10.1. The molecule has 1 saturated heterocycles. The Morgan fingerprint density at radius 1 is 1.19 bits per heavy atom. The predicted octanol–water partition coefficient (Wildman–Crippen LogP) is 5.64.